The molecule has 9 heteroatoms. The highest BCUT2D eigenvalue weighted by molar-refractivity contribution is 5.95. The molecule has 218 valence electrons. The van der Waals surface area contributed by atoms with Crippen LogP contribution < -0.4 is 20.7 Å². The number of aromatic nitrogens is 3. The number of benzene rings is 2. The molecule has 0 saturated heterocycles. The second-order valence-corrected chi connectivity index (χ2v) is 10.1. The number of aryl methyl sites for hydroxylation is 1. The van der Waals surface area contributed by atoms with Crippen molar-refractivity contribution in [2.24, 2.45) is 0 Å². The fraction of sp³-hybridized carbons (Fsp3) is 0.344. The number of rotatable bonds is 13. The van der Waals surface area contributed by atoms with E-state index in [2.05, 4.69) is 82.7 Å². The van der Waals surface area contributed by atoms with Crippen LogP contribution in [0.4, 0.5) is 23.0 Å². The standard InChI is InChI=1S/C29H39N7O.C3H4O/c1-6-7-10-15-36-20-22(21-11-8-9-12-26(21)36)24-13-14-31-29(32-24)33-25-18-23(30)27(19-28(25)37-5)35(4)17-16-34(2)3;1-2-3-4/h8-9,11-14,18-20H,6-7,10,15-17,30H2,1-5H3,(H,31,32,33);2-3H,1H2. The van der Waals surface area contributed by atoms with E-state index >= 15 is 0 Å². The Bertz CT molecular complexity index is 1430. The van der Waals surface area contributed by atoms with E-state index < -0.39 is 0 Å². The topological polar surface area (TPSA) is 102 Å². The smallest absolute Gasteiger partial charge is 0.227 e. The first kappa shape index (κ1) is 31.2. The normalized spacial score (nSPS) is 10.7. The van der Waals surface area contributed by atoms with Crippen molar-refractivity contribution < 1.29 is 9.53 Å². The number of para-hydroxylation sites is 1. The average Bonchev–Trinajstić information content (AvgIpc) is 3.35. The van der Waals surface area contributed by atoms with Crippen molar-refractivity contribution in [3.8, 4) is 17.0 Å². The van der Waals surface area contributed by atoms with E-state index in [9.17, 15) is 0 Å². The van der Waals surface area contributed by atoms with Crippen molar-refractivity contribution in [1.29, 1.82) is 0 Å². The van der Waals surface area contributed by atoms with Crippen LogP contribution in [0.5, 0.6) is 5.75 Å². The SMILES string of the molecule is C=CC=O.CCCCCn1cc(-c2ccnc(Nc3cc(N)c(N(C)CCN(C)C)cc3OC)n2)c2ccccc21. The fourth-order valence-corrected chi connectivity index (χ4v) is 4.51. The van der Waals surface area contributed by atoms with Crippen molar-refractivity contribution in [2.75, 3.05) is 57.3 Å². The van der Waals surface area contributed by atoms with Crippen LogP contribution in [0.15, 0.2) is 67.5 Å². The van der Waals surface area contributed by atoms with Gasteiger partial charge in [0.05, 0.1) is 29.9 Å². The van der Waals surface area contributed by atoms with Crippen molar-refractivity contribution in [2.45, 2.75) is 32.7 Å². The van der Waals surface area contributed by atoms with E-state index in [1.807, 2.05) is 25.2 Å². The van der Waals surface area contributed by atoms with E-state index in [0.29, 0.717) is 23.7 Å². The quantitative estimate of drug-likeness (QED) is 0.0894. The number of ether oxygens (including phenoxy) is 1. The van der Waals surface area contributed by atoms with E-state index in [4.69, 9.17) is 20.2 Å². The number of aldehydes is 1. The molecule has 0 aliphatic heterocycles. The Hall–Kier alpha value is -4.37. The van der Waals surface area contributed by atoms with Crippen molar-refractivity contribution in [3.05, 3.63) is 67.5 Å². The van der Waals surface area contributed by atoms with E-state index in [1.54, 1.807) is 13.3 Å². The molecule has 0 radical (unpaired) electrons. The number of carbonyl (C=O) groups excluding carboxylic acids is 1. The number of nitrogen functional groups attached to an aromatic ring is 1. The van der Waals surface area contributed by atoms with Crippen LogP contribution in [0.1, 0.15) is 26.2 Å². The van der Waals surface area contributed by atoms with Gasteiger partial charge in [0.15, 0.2) is 0 Å². The molecule has 0 aliphatic carbocycles. The Morgan fingerprint density at radius 1 is 1.12 bits per heavy atom. The van der Waals surface area contributed by atoms with Gasteiger partial charge in [0.1, 0.15) is 12.0 Å². The average molecular weight is 558 g/mol. The van der Waals surface area contributed by atoms with Gasteiger partial charge in [0.2, 0.25) is 5.95 Å². The largest absolute Gasteiger partial charge is 0.494 e. The Morgan fingerprint density at radius 3 is 2.56 bits per heavy atom. The van der Waals surface area contributed by atoms with Crippen molar-refractivity contribution in [1.82, 2.24) is 19.4 Å². The first-order chi connectivity index (χ1) is 19.8. The second-order valence-electron chi connectivity index (χ2n) is 10.1. The molecule has 0 spiro atoms. The lowest BCUT2D eigenvalue weighted by Gasteiger charge is -2.24. The summed E-state index contributed by atoms with van der Waals surface area (Å²) in [5.74, 6) is 1.18. The summed E-state index contributed by atoms with van der Waals surface area (Å²) in [7, 11) is 7.81. The van der Waals surface area contributed by atoms with Gasteiger partial charge >= 0.3 is 0 Å². The molecule has 0 fully saturated rings. The zero-order chi connectivity index (χ0) is 29.8. The number of carbonyl (C=O) groups is 1. The van der Waals surface area contributed by atoms with Crippen LogP contribution in [0.2, 0.25) is 0 Å². The van der Waals surface area contributed by atoms with E-state index in [-0.39, 0.29) is 0 Å². The molecule has 0 bridgehead atoms. The minimum Gasteiger partial charge on any atom is -0.494 e. The number of nitrogens with two attached hydrogens (primary N) is 1. The minimum atomic E-state index is 0.492. The molecule has 0 unspecified atom stereocenters. The predicted octanol–water partition coefficient (Wildman–Crippen LogP) is 5.99. The van der Waals surface area contributed by atoms with Crippen LogP contribution >= 0.6 is 0 Å². The minimum absolute atomic E-state index is 0.492. The van der Waals surface area contributed by atoms with Gasteiger partial charge in [-0.3, -0.25) is 4.79 Å². The molecule has 0 saturated carbocycles. The predicted molar refractivity (Wildman–Crippen MR) is 171 cm³/mol. The molecule has 0 atom stereocenters. The zero-order valence-electron chi connectivity index (χ0n) is 24.9. The highest BCUT2D eigenvalue weighted by atomic mass is 16.5. The van der Waals surface area contributed by atoms with E-state index in [1.165, 1.54) is 29.8 Å². The lowest BCUT2D eigenvalue weighted by molar-refractivity contribution is -0.104. The summed E-state index contributed by atoms with van der Waals surface area (Å²) in [6.07, 6.45) is 9.41. The van der Waals surface area contributed by atoms with Crippen LogP contribution in [-0.4, -0.2) is 67.1 Å². The number of unbranched alkanes of at least 4 members (excludes halogenated alkanes) is 2. The van der Waals surface area contributed by atoms with Gasteiger partial charge < -0.3 is 30.2 Å². The number of hydrogen-bond acceptors (Lipinski definition) is 8. The molecule has 2 aromatic heterocycles. The monoisotopic (exact) mass is 557 g/mol. The summed E-state index contributed by atoms with van der Waals surface area (Å²) in [6.45, 7) is 8.11. The highest BCUT2D eigenvalue weighted by Gasteiger charge is 2.15. The number of anilines is 4. The van der Waals surface area contributed by atoms with Gasteiger partial charge in [0, 0.05) is 61.6 Å². The van der Waals surface area contributed by atoms with Crippen LogP contribution in [-0.2, 0) is 11.3 Å². The maximum atomic E-state index is 9.06. The van der Waals surface area contributed by atoms with Crippen LogP contribution in [0, 0.1) is 0 Å². The summed E-state index contributed by atoms with van der Waals surface area (Å²) < 4.78 is 8.04. The lowest BCUT2D eigenvalue weighted by atomic mass is 10.1. The maximum absolute atomic E-state index is 9.06. The molecular formula is C32H43N7O2. The third-order valence-electron chi connectivity index (χ3n) is 6.71. The molecule has 4 aromatic rings. The number of hydrogen-bond donors (Lipinski definition) is 2. The number of likely N-dealkylation sites (N-methyl/N-ethyl adjacent to an activating group) is 2. The van der Waals surface area contributed by atoms with Gasteiger partial charge in [-0.2, -0.15) is 0 Å². The summed E-state index contributed by atoms with van der Waals surface area (Å²) in [5, 5.41) is 4.52. The summed E-state index contributed by atoms with van der Waals surface area (Å²) in [5.41, 5.74) is 12.0. The van der Waals surface area contributed by atoms with Gasteiger partial charge in [0.25, 0.3) is 0 Å². The van der Waals surface area contributed by atoms with Crippen LogP contribution in [0.3, 0.4) is 0 Å². The maximum Gasteiger partial charge on any atom is 0.227 e. The van der Waals surface area contributed by atoms with Gasteiger partial charge in [-0.25, -0.2) is 9.97 Å². The number of methoxy groups -OCH3 is 1. The van der Waals surface area contributed by atoms with Crippen molar-refractivity contribution in [3.63, 3.8) is 0 Å². The zero-order valence-corrected chi connectivity index (χ0v) is 24.9. The number of allylic oxidation sites excluding steroid dienone is 1. The molecule has 2 aromatic carbocycles. The fourth-order valence-electron chi connectivity index (χ4n) is 4.51. The van der Waals surface area contributed by atoms with Crippen molar-refractivity contribution >= 4 is 40.2 Å². The summed E-state index contributed by atoms with van der Waals surface area (Å²) in [6, 6.07) is 14.3. The molecule has 3 N–H and O–H groups in total. The molecule has 0 amide bonds. The van der Waals surface area contributed by atoms with Crippen LogP contribution in [0.25, 0.3) is 22.2 Å². The molecule has 0 aliphatic rings. The number of fused-ring (bicyclic) bond motifs is 1. The molecular weight excluding hydrogens is 514 g/mol. The Labute approximate surface area is 243 Å². The molecule has 9 nitrogen and oxygen atoms in total. The molecule has 2 heterocycles. The van der Waals surface area contributed by atoms with E-state index in [0.717, 1.165) is 48.7 Å². The molecule has 41 heavy (non-hydrogen) atoms. The molecule has 4 rings (SSSR count). The Kier molecular flexibility index (Phi) is 11.7. The lowest BCUT2D eigenvalue weighted by Crippen LogP contribution is -2.29. The third-order valence-corrected chi connectivity index (χ3v) is 6.71. The highest BCUT2D eigenvalue weighted by Crippen LogP contribution is 2.36. The summed E-state index contributed by atoms with van der Waals surface area (Å²) >= 11 is 0. The first-order valence-electron chi connectivity index (χ1n) is 13.9. The Morgan fingerprint density at radius 2 is 1.88 bits per heavy atom. The number of nitrogens with one attached hydrogen (secondary N) is 1. The second kappa shape index (κ2) is 15.4. The number of nitrogens with zero attached hydrogens (tertiary/aromatic N) is 5. The van der Waals surface area contributed by atoms with Gasteiger partial charge in [-0.05, 0) is 44.8 Å². The Balaban J connectivity index is 0.00000108. The van der Waals surface area contributed by atoms with Gasteiger partial charge in [-0.1, -0.05) is 44.5 Å². The first-order valence-corrected chi connectivity index (χ1v) is 13.9. The third kappa shape index (κ3) is 8.31. The van der Waals surface area contributed by atoms with Gasteiger partial charge in [-0.15, -0.1) is 0 Å². The summed E-state index contributed by atoms with van der Waals surface area (Å²) in [4.78, 5) is 22.7.